The van der Waals surface area contributed by atoms with Crippen molar-refractivity contribution >= 4 is 21.1 Å². The maximum Gasteiger partial charge on any atom is 0.242 e. The predicted octanol–water partition coefficient (Wildman–Crippen LogP) is 0.579. The summed E-state index contributed by atoms with van der Waals surface area (Å²) in [5, 5.41) is 0.593. The lowest BCUT2D eigenvalue weighted by molar-refractivity contribution is 0.548. The molecule has 0 spiro atoms. The Balaban J connectivity index is 1.83. The second-order valence-corrected chi connectivity index (χ2v) is 6.64. The highest BCUT2D eigenvalue weighted by atomic mass is 32.2. The normalized spacial score (nSPS) is 17.7. The van der Waals surface area contributed by atoms with E-state index in [1.165, 1.54) is 6.20 Å². The molecule has 6 nitrogen and oxygen atoms in total. The molecule has 1 aliphatic rings. The second kappa shape index (κ2) is 4.59. The smallest absolute Gasteiger partial charge is 0.242 e. The zero-order chi connectivity index (χ0) is 13.5. The number of nitrogens with one attached hydrogen (secondary N) is 2. The minimum atomic E-state index is -3.55. The van der Waals surface area contributed by atoms with E-state index in [-0.39, 0.29) is 17.5 Å². The van der Waals surface area contributed by atoms with Gasteiger partial charge in [-0.1, -0.05) is 0 Å². The summed E-state index contributed by atoms with van der Waals surface area (Å²) in [6, 6.07) is 3.34. The second-order valence-electron chi connectivity index (χ2n) is 4.91. The van der Waals surface area contributed by atoms with E-state index < -0.39 is 10.0 Å². The first kappa shape index (κ1) is 12.6. The van der Waals surface area contributed by atoms with Gasteiger partial charge in [-0.05, 0) is 30.9 Å². The Bertz CT molecular complexity index is 691. The van der Waals surface area contributed by atoms with Crippen molar-refractivity contribution in [2.45, 2.75) is 23.8 Å². The van der Waals surface area contributed by atoms with Crippen molar-refractivity contribution in [3.8, 4) is 0 Å². The number of aromatic nitrogens is 2. The molecule has 1 fully saturated rings. The van der Waals surface area contributed by atoms with Gasteiger partial charge in [-0.3, -0.25) is 0 Å². The highest BCUT2D eigenvalue weighted by Crippen LogP contribution is 2.31. The first-order valence-electron chi connectivity index (χ1n) is 6.25. The molecular formula is C12H16N4O2S. The van der Waals surface area contributed by atoms with Crippen LogP contribution in [0.4, 0.5) is 0 Å². The Morgan fingerprint density at radius 3 is 3.05 bits per heavy atom. The fourth-order valence-electron chi connectivity index (χ4n) is 2.13. The van der Waals surface area contributed by atoms with E-state index >= 15 is 0 Å². The van der Waals surface area contributed by atoms with Gasteiger partial charge < -0.3 is 10.7 Å². The minimum Gasteiger partial charge on any atom is -0.345 e. The molecular weight excluding hydrogens is 264 g/mol. The van der Waals surface area contributed by atoms with Gasteiger partial charge in [0.1, 0.15) is 10.5 Å². The van der Waals surface area contributed by atoms with Crippen molar-refractivity contribution in [3.05, 3.63) is 24.5 Å². The molecule has 0 saturated heterocycles. The molecule has 0 amide bonds. The lowest BCUT2D eigenvalue weighted by atomic mass is 10.2. The summed E-state index contributed by atoms with van der Waals surface area (Å²) in [4.78, 5) is 7.15. The summed E-state index contributed by atoms with van der Waals surface area (Å²) < 4.78 is 27.1. The van der Waals surface area contributed by atoms with Crippen LogP contribution < -0.4 is 10.5 Å². The summed E-state index contributed by atoms with van der Waals surface area (Å²) in [5.74, 6) is 0.465. The van der Waals surface area contributed by atoms with Crippen LogP contribution in [0, 0.1) is 5.92 Å². The van der Waals surface area contributed by atoms with E-state index in [1.54, 1.807) is 18.3 Å². The number of nitrogens with zero attached hydrogens (tertiary/aromatic N) is 1. The van der Waals surface area contributed by atoms with Crippen LogP contribution in [0.5, 0.6) is 0 Å². The summed E-state index contributed by atoms with van der Waals surface area (Å²) in [6.45, 7) is 0.278. The average Bonchev–Trinajstić information content (AvgIpc) is 3.15. The number of hydrogen-bond donors (Lipinski definition) is 3. The number of fused-ring (bicyclic) bond motifs is 1. The van der Waals surface area contributed by atoms with Crippen LogP contribution in [0.15, 0.2) is 29.4 Å². The van der Waals surface area contributed by atoms with Crippen molar-refractivity contribution in [1.29, 1.82) is 0 Å². The third-order valence-electron chi connectivity index (χ3n) is 3.44. The third-order valence-corrected chi connectivity index (χ3v) is 4.90. The number of H-pyrrole nitrogens is 1. The molecule has 102 valence electrons. The SMILES string of the molecule is NC(CNS(=O)(=O)c1c[nH]c2ncccc12)C1CC1. The third kappa shape index (κ3) is 2.49. The largest absolute Gasteiger partial charge is 0.345 e. The summed E-state index contributed by atoms with van der Waals surface area (Å²) in [5.41, 5.74) is 6.47. The fraction of sp³-hybridized carbons (Fsp3) is 0.417. The topological polar surface area (TPSA) is 101 Å². The van der Waals surface area contributed by atoms with Crippen molar-refractivity contribution in [2.24, 2.45) is 11.7 Å². The molecule has 4 N–H and O–H groups in total. The van der Waals surface area contributed by atoms with Crippen LogP contribution in [0.1, 0.15) is 12.8 Å². The number of aromatic amines is 1. The maximum atomic E-state index is 12.2. The van der Waals surface area contributed by atoms with E-state index in [2.05, 4.69) is 14.7 Å². The molecule has 1 aliphatic carbocycles. The lowest BCUT2D eigenvalue weighted by Crippen LogP contribution is -2.38. The highest BCUT2D eigenvalue weighted by molar-refractivity contribution is 7.89. The number of sulfonamides is 1. The maximum absolute atomic E-state index is 12.2. The van der Waals surface area contributed by atoms with Crippen LogP contribution in [0.3, 0.4) is 0 Å². The van der Waals surface area contributed by atoms with E-state index in [1.807, 2.05) is 0 Å². The Hall–Kier alpha value is -1.44. The van der Waals surface area contributed by atoms with Gasteiger partial charge in [0.25, 0.3) is 0 Å². The quantitative estimate of drug-likeness (QED) is 0.745. The van der Waals surface area contributed by atoms with Gasteiger partial charge in [0.2, 0.25) is 10.0 Å². The highest BCUT2D eigenvalue weighted by Gasteiger charge is 2.29. The minimum absolute atomic E-state index is 0.0990. The van der Waals surface area contributed by atoms with Crippen LogP contribution in [-0.2, 0) is 10.0 Å². The summed E-state index contributed by atoms with van der Waals surface area (Å²) in [7, 11) is -3.55. The van der Waals surface area contributed by atoms with Gasteiger partial charge in [-0.15, -0.1) is 0 Å². The molecule has 19 heavy (non-hydrogen) atoms. The van der Waals surface area contributed by atoms with E-state index in [4.69, 9.17) is 5.73 Å². The summed E-state index contributed by atoms with van der Waals surface area (Å²) in [6.07, 6.45) is 5.27. The zero-order valence-corrected chi connectivity index (χ0v) is 11.2. The van der Waals surface area contributed by atoms with Gasteiger partial charge in [-0.2, -0.15) is 0 Å². The monoisotopic (exact) mass is 280 g/mol. The van der Waals surface area contributed by atoms with Gasteiger partial charge in [0.05, 0.1) is 0 Å². The Kier molecular flexibility index (Phi) is 3.04. The van der Waals surface area contributed by atoms with Gasteiger partial charge in [0, 0.05) is 30.4 Å². The van der Waals surface area contributed by atoms with Crippen LogP contribution in [0.25, 0.3) is 11.0 Å². The molecule has 0 bridgehead atoms. The number of nitrogens with two attached hydrogens (primary N) is 1. The zero-order valence-electron chi connectivity index (χ0n) is 10.3. The Morgan fingerprint density at radius 1 is 1.53 bits per heavy atom. The molecule has 0 aromatic carbocycles. The van der Waals surface area contributed by atoms with E-state index in [9.17, 15) is 8.42 Å². The number of pyridine rings is 1. The van der Waals surface area contributed by atoms with Crippen molar-refractivity contribution in [2.75, 3.05) is 6.54 Å². The van der Waals surface area contributed by atoms with E-state index in [0.29, 0.717) is 17.0 Å². The van der Waals surface area contributed by atoms with E-state index in [0.717, 1.165) is 12.8 Å². The molecule has 0 radical (unpaired) electrons. The molecule has 2 aromatic heterocycles. The van der Waals surface area contributed by atoms with Crippen LogP contribution in [-0.4, -0.2) is 31.0 Å². The Morgan fingerprint density at radius 2 is 2.32 bits per heavy atom. The van der Waals surface area contributed by atoms with Gasteiger partial charge in [0.15, 0.2) is 0 Å². The first-order valence-corrected chi connectivity index (χ1v) is 7.73. The Labute approximate surface area is 111 Å². The molecule has 1 saturated carbocycles. The molecule has 0 aliphatic heterocycles. The van der Waals surface area contributed by atoms with Gasteiger partial charge >= 0.3 is 0 Å². The van der Waals surface area contributed by atoms with Crippen LogP contribution >= 0.6 is 0 Å². The molecule has 2 aromatic rings. The van der Waals surface area contributed by atoms with Crippen molar-refractivity contribution in [3.63, 3.8) is 0 Å². The lowest BCUT2D eigenvalue weighted by Gasteiger charge is -2.11. The fourth-order valence-corrected chi connectivity index (χ4v) is 3.36. The number of hydrogen-bond acceptors (Lipinski definition) is 4. The first-order chi connectivity index (χ1) is 9.08. The van der Waals surface area contributed by atoms with Crippen molar-refractivity contribution < 1.29 is 8.42 Å². The number of rotatable bonds is 5. The molecule has 1 unspecified atom stereocenters. The molecule has 1 atom stereocenters. The average molecular weight is 280 g/mol. The molecule has 7 heteroatoms. The van der Waals surface area contributed by atoms with Gasteiger partial charge in [-0.25, -0.2) is 18.1 Å². The molecule has 2 heterocycles. The van der Waals surface area contributed by atoms with Crippen molar-refractivity contribution in [1.82, 2.24) is 14.7 Å². The standard InChI is InChI=1S/C12H16N4O2S/c13-10(8-3-4-8)6-16-19(17,18)11-7-15-12-9(11)2-1-5-14-12/h1-2,5,7-8,10,16H,3-4,6,13H2,(H,14,15). The summed E-state index contributed by atoms with van der Waals surface area (Å²) >= 11 is 0. The molecule has 3 rings (SSSR count). The van der Waals surface area contributed by atoms with Crippen LogP contribution in [0.2, 0.25) is 0 Å². The predicted molar refractivity (Wildman–Crippen MR) is 72.0 cm³/mol.